The molecule has 1 N–H and O–H groups in total. The summed E-state index contributed by atoms with van der Waals surface area (Å²) in [7, 11) is 1.61. The molecule has 0 aliphatic carbocycles. The minimum absolute atomic E-state index is 0.0105. The van der Waals surface area contributed by atoms with Gasteiger partial charge in [-0.05, 0) is 54.2 Å². The summed E-state index contributed by atoms with van der Waals surface area (Å²) in [5.41, 5.74) is 2.89. The topological polar surface area (TPSA) is 67.9 Å². The first-order valence-electron chi connectivity index (χ1n) is 13.3. The van der Waals surface area contributed by atoms with Gasteiger partial charge in [-0.25, -0.2) is 0 Å². The van der Waals surface area contributed by atoms with Crippen LogP contribution in [0.4, 0.5) is 0 Å². The molecule has 3 aromatic carbocycles. The molecular formula is C32H40N2O4. The molecule has 0 heterocycles. The van der Waals surface area contributed by atoms with Gasteiger partial charge in [-0.1, -0.05) is 81.4 Å². The number of ether oxygens (including phenoxy) is 2. The number of rotatable bonds is 13. The van der Waals surface area contributed by atoms with E-state index in [2.05, 4.69) is 19.2 Å². The fraction of sp³-hybridized carbons (Fsp3) is 0.375. The molecule has 2 atom stereocenters. The fourth-order valence-electron chi connectivity index (χ4n) is 4.27. The second-order valence-corrected chi connectivity index (χ2v) is 9.88. The summed E-state index contributed by atoms with van der Waals surface area (Å²) in [5, 5.41) is 3.09. The highest BCUT2D eigenvalue weighted by molar-refractivity contribution is 5.88. The molecule has 0 aromatic heterocycles. The lowest BCUT2D eigenvalue weighted by molar-refractivity contribution is -0.143. The van der Waals surface area contributed by atoms with Crippen LogP contribution in [0.1, 0.15) is 56.7 Å². The van der Waals surface area contributed by atoms with E-state index in [0.29, 0.717) is 17.9 Å². The van der Waals surface area contributed by atoms with Gasteiger partial charge in [-0.15, -0.1) is 0 Å². The van der Waals surface area contributed by atoms with Gasteiger partial charge in [0.15, 0.2) is 6.61 Å². The molecule has 0 saturated carbocycles. The predicted octanol–water partition coefficient (Wildman–Crippen LogP) is 5.75. The lowest BCUT2D eigenvalue weighted by Crippen LogP contribution is -2.53. The van der Waals surface area contributed by atoms with Crippen LogP contribution in [-0.2, 0) is 22.6 Å². The van der Waals surface area contributed by atoms with Crippen LogP contribution in [0.2, 0.25) is 0 Å². The van der Waals surface area contributed by atoms with Crippen molar-refractivity contribution in [3.05, 3.63) is 95.6 Å². The van der Waals surface area contributed by atoms with Gasteiger partial charge in [-0.2, -0.15) is 0 Å². The van der Waals surface area contributed by atoms with Crippen molar-refractivity contribution in [1.29, 1.82) is 0 Å². The summed E-state index contributed by atoms with van der Waals surface area (Å²) in [6.07, 6.45) is 1.18. The Labute approximate surface area is 227 Å². The van der Waals surface area contributed by atoms with Crippen LogP contribution in [0.25, 0.3) is 0 Å². The van der Waals surface area contributed by atoms with Gasteiger partial charge < -0.3 is 19.7 Å². The highest BCUT2D eigenvalue weighted by Crippen LogP contribution is 2.26. The summed E-state index contributed by atoms with van der Waals surface area (Å²) in [4.78, 5) is 29.1. The van der Waals surface area contributed by atoms with Crippen molar-refractivity contribution in [2.75, 3.05) is 13.7 Å². The number of nitrogens with one attached hydrogen (secondary N) is 1. The van der Waals surface area contributed by atoms with Crippen LogP contribution in [0, 0.1) is 0 Å². The van der Waals surface area contributed by atoms with Crippen molar-refractivity contribution in [2.45, 2.75) is 65.1 Å². The largest absolute Gasteiger partial charge is 0.497 e. The number of benzene rings is 3. The highest BCUT2D eigenvalue weighted by Gasteiger charge is 2.31. The summed E-state index contributed by atoms with van der Waals surface area (Å²) >= 11 is 0. The Balaban J connectivity index is 1.95. The number of nitrogens with zero attached hydrogens (tertiary/aromatic N) is 1. The van der Waals surface area contributed by atoms with E-state index in [1.807, 2.05) is 92.7 Å². The second kappa shape index (κ2) is 14.2. The standard InChI is InChI=1S/C32H40N2O4/c1-6-24(4)33-32(36)29(20-25-13-8-7-9-14-25)34(21-26-15-12-16-27(19-26)37-5)31(35)22-38-30-18-11-10-17-28(30)23(2)3/h7-19,23-24,29H,6,20-22H2,1-5H3,(H,33,36)/t24-,29-/m1/s1. The number of hydrogen-bond acceptors (Lipinski definition) is 4. The first-order valence-corrected chi connectivity index (χ1v) is 13.3. The Bertz CT molecular complexity index is 1180. The Morgan fingerprint density at radius 1 is 0.895 bits per heavy atom. The van der Waals surface area contributed by atoms with Crippen molar-refractivity contribution in [3.8, 4) is 11.5 Å². The number of carbonyl (C=O) groups excluding carboxylic acids is 2. The van der Waals surface area contributed by atoms with Gasteiger partial charge in [0, 0.05) is 19.0 Å². The molecule has 6 nitrogen and oxygen atoms in total. The molecule has 0 unspecified atom stereocenters. The Kier molecular flexibility index (Phi) is 10.8. The second-order valence-electron chi connectivity index (χ2n) is 9.88. The average molecular weight is 517 g/mol. The molecule has 2 amide bonds. The molecule has 0 bridgehead atoms. The lowest BCUT2D eigenvalue weighted by Gasteiger charge is -2.32. The zero-order chi connectivity index (χ0) is 27.5. The monoisotopic (exact) mass is 516 g/mol. The van der Waals surface area contributed by atoms with E-state index in [1.165, 1.54) is 0 Å². The average Bonchev–Trinajstić information content (AvgIpc) is 2.94. The summed E-state index contributed by atoms with van der Waals surface area (Å²) in [6, 6.07) is 24.4. The van der Waals surface area contributed by atoms with Gasteiger partial charge in [0.05, 0.1) is 7.11 Å². The number of para-hydroxylation sites is 1. The van der Waals surface area contributed by atoms with E-state index in [-0.39, 0.29) is 36.9 Å². The molecule has 0 aliphatic rings. The van der Waals surface area contributed by atoms with E-state index < -0.39 is 6.04 Å². The van der Waals surface area contributed by atoms with Crippen molar-refractivity contribution in [3.63, 3.8) is 0 Å². The van der Waals surface area contributed by atoms with Crippen LogP contribution < -0.4 is 14.8 Å². The number of hydrogen-bond donors (Lipinski definition) is 1. The number of methoxy groups -OCH3 is 1. The number of amides is 2. The van der Waals surface area contributed by atoms with Crippen LogP contribution >= 0.6 is 0 Å². The van der Waals surface area contributed by atoms with Gasteiger partial charge in [-0.3, -0.25) is 9.59 Å². The Hall–Kier alpha value is -3.80. The van der Waals surface area contributed by atoms with E-state index in [9.17, 15) is 9.59 Å². The van der Waals surface area contributed by atoms with E-state index in [1.54, 1.807) is 12.0 Å². The molecule has 0 spiro atoms. The summed E-state index contributed by atoms with van der Waals surface area (Å²) in [6.45, 7) is 8.25. The van der Waals surface area contributed by atoms with Crippen LogP contribution in [0.5, 0.6) is 11.5 Å². The maximum atomic E-state index is 13.8. The lowest BCUT2D eigenvalue weighted by atomic mass is 10.0. The molecule has 38 heavy (non-hydrogen) atoms. The third-order valence-electron chi connectivity index (χ3n) is 6.65. The number of carbonyl (C=O) groups is 2. The Morgan fingerprint density at radius 3 is 2.26 bits per heavy atom. The maximum Gasteiger partial charge on any atom is 0.261 e. The third kappa shape index (κ3) is 8.10. The van der Waals surface area contributed by atoms with Gasteiger partial charge in [0.25, 0.3) is 5.91 Å². The maximum absolute atomic E-state index is 13.8. The molecule has 6 heteroatoms. The molecule has 0 radical (unpaired) electrons. The smallest absolute Gasteiger partial charge is 0.261 e. The first-order chi connectivity index (χ1) is 18.3. The van der Waals surface area contributed by atoms with Crippen LogP contribution in [0.3, 0.4) is 0 Å². The van der Waals surface area contributed by atoms with Gasteiger partial charge in [0.2, 0.25) is 5.91 Å². The zero-order valence-corrected chi connectivity index (χ0v) is 23.1. The SMILES string of the molecule is CC[C@@H](C)NC(=O)[C@@H](Cc1ccccc1)N(Cc1cccc(OC)c1)C(=O)COc1ccccc1C(C)C. The molecule has 0 aliphatic heterocycles. The quantitative estimate of drug-likeness (QED) is 0.314. The van der Waals surface area contributed by atoms with Crippen molar-refractivity contribution >= 4 is 11.8 Å². The van der Waals surface area contributed by atoms with E-state index in [0.717, 1.165) is 23.1 Å². The predicted molar refractivity (Wildman–Crippen MR) is 151 cm³/mol. The van der Waals surface area contributed by atoms with Gasteiger partial charge >= 0.3 is 0 Å². The van der Waals surface area contributed by atoms with Crippen LogP contribution in [0.15, 0.2) is 78.9 Å². The van der Waals surface area contributed by atoms with Crippen molar-refractivity contribution < 1.29 is 19.1 Å². The summed E-state index contributed by atoms with van der Waals surface area (Å²) < 4.78 is 11.5. The molecule has 3 aromatic rings. The van der Waals surface area contributed by atoms with Crippen molar-refractivity contribution in [1.82, 2.24) is 10.2 Å². The van der Waals surface area contributed by atoms with Crippen LogP contribution in [-0.4, -0.2) is 42.5 Å². The molecule has 0 saturated heterocycles. The Morgan fingerprint density at radius 2 is 1.58 bits per heavy atom. The minimum atomic E-state index is -0.714. The summed E-state index contributed by atoms with van der Waals surface area (Å²) in [5.74, 6) is 1.19. The third-order valence-corrected chi connectivity index (χ3v) is 6.65. The molecular weight excluding hydrogens is 476 g/mol. The highest BCUT2D eigenvalue weighted by atomic mass is 16.5. The normalized spacial score (nSPS) is 12.5. The first kappa shape index (κ1) is 28.8. The molecule has 202 valence electrons. The van der Waals surface area contributed by atoms with Gasteiger partial charge in [0.1, 0.15) is 17.5 Å². The fourth-order valence-corrected chi connectivity index (χ4v) is 4.27. The zero-order valence-electron chi connectivity index (χ0n) is 23.1. The molecule has 0 fully saturated rings. The van der Waals surface area contributed by atoms with Crippen molar-refractivity contribution in [2.24, 2.45) is 0 Å². The van der Waals surface area contributed by atoms with E-state index >= 15 is 0 Å². The molecule has 3 rings (SSSR count). The minimum Gasteiger partial charge on any atom is -0.497 e. The van der Waals surface area contributed by atoms with E-state index in [4.69, 9.17) is 9.47 Å².